The standard InChI is InChI=1S/C17H16N6O2S/c24-13-7-10(15(25)18-17-22-21-16(26-17)9-5-6-9)8-23(13)14-11-3-1-2-4-12(11)19-20-14/h1-4,9-10H,5-8H2,(H,19,20)(H,18,22,25)/t10-/m1/s1. The molecule has 9 heteroatoms. The molecule has 2 fully saturated rings. The molecule has 2 N–H and O–H groups in total. The van der Waals surface area contributed by atoms with Crippen molar-refractivity contribution >= 4 is 45.0 Å². The third-order valence-corrected chi connectivity index (χ3v) is 5.80. The van der Waals surface area contributed by atoms with Gasteiger partial charge in [-0.3, -0.25) is 19.6 Å². The van der Waals surface area contributed by atoms with Gasteiger partial charge in [-0.05, 0) is 25.0 Å². The van der Waals surface area contributed by atoms with E-state index < -0.39 is 5.92 Å². The predicted octanol–water partition coefficient (Wildman–Crippen LogP) is 2.28. The number of aromatic nitrogens is 4. The molecule has 0 unspecified atom stereocenters. The van der Waals surface area contributed by atoms with E-state index in [-0.39, 0.29) is 18.2 Å². The van der Waals surface area contributed by atoms with Gasteiger partial charge >= 0.3 is 0 Å². The first-order chi connectivity index (χ1) is 12.7. The number of anilines is 2. The van der Waals surface area contributed by atoms with Gasteiger partial charge in [0, 0.05) is 24.3 Å². The SMILES string of the molecule is O=C(Nc1nnc(C2CC2)s1)[C@@H]1CC(=O)N(c2n[nH]c3ccccc23)C1. The molecule has 1 aliphatic heterocycles. The molecule has 1 saturated heterocycles. The second-order valence-electron chi connectivity index (χ2n) is 6.71. The van der Waals surface area contributed by atoms with Crippen LogP contribution in [0.3, 0.4) is 0 Å². The molecule has 0 radical (unpaired) electrons. The predicted molar refractivity (Wildman–Crippen MR) is 97.1 cm³/mol. The normalized spacial score (nSPS) is 20.1. The summed E-state index contributed by atoms with van der Waals surface area (Å²) in [5.41, 5.74) is 0.865. The number of aromatic amines is 1. The molecule has 8 nitrogen and oxygen atoms in total. The van der Waals surface area contributed by atoms with Crippen LogP contribution in [-0.2, 0) is 9.59 Å². The fourth-order valence-electron chi connectivity index (χ4n) is 3.23. The Morgan fingerprint density at radius 2 is 2.12 bits per heavy atom. The molecular formula is C17H16N6O2S. The Morgan fingerprint density at radius 1 is 1.27 bits per heavy atom. The Labute approximate surface area is 152 Å². The van der Waals surface area contributed by atoms with Crippen molar-refractivity contribution in [2.24, 2.45) is 5.92 Å². The number of nitrogens with one attached hydrogen (secondary N) is 2. The lowest BCUT2D eigenvalue weighted by atomic mass is 10.1. The first-order valence-electron chi connectivity index (χ1n) is 8.57. The van der Waals surface area contributed by atoms with E-state index in [1.807, 2.05) is 24.3 Å². The third kappa shape index (κ3) is 2.64. The molecule has 3 heterocycles. The Balaban J connectivity index is 1.31. The van der Waals surface area contributed by atoms with Crippen LogP contribution in [0.2, 0.25) is 0 Å². The highest BCUT2D eigenvalue weighted by Crippen LogP contribution is 2.42. The number of nitrogens with zero attached hydrogens (tertiary/aromatic N) is 4. The Bertz CT molecular complexity index is 1010. The number of hydrogen-bond donors (Lipinski definition) is 2. The maximum absolute atomic E-state index is 12.6. The highest BCUT2D eigenvalue weighted by atomic mass is 32.1. The van der Waals surface area contributed by atoms with Gasteiger partial charge in [-0.2, -0.15) is 5.10 Å². The third-order valence-electron chi connectivity index (χ3n) is 4.80. The van der Waals surface area contributed by atoms with Crippen LogP contribution in [0.25, 0.3) is 10.9 Å². The number of fused-ring (bicyclic) bond motifs is 1. The fraction of sp³-hybridized carbons (Fsp3) is 0.353. The van der Waals surface area contributed by atoms with E-state index in [2.05, 4.69) is 25.7 Å². The summed E-state index contributed by atoms with van der Waals surface area (Å²) in [6.45, 7) is 0.313. The van der Waals surface area contributed by atoms with Crippen LogP contribution in [0.1, 0.15) is 30.2 Å². The van der Waals surface area contributed by atoms with Crippen molar-refractivity contribution in [2.45, 2.75) is 25.2 Å². The van der Waals surface area contributed by atoms with E-state index in [1.54, 1.807) is 4.90 Å². The zero-order valence-electron chi connectivity index (χ0n) is 13.8. The number of carbonyl (C=O) groups excluding carboxylic acids is 2. The van der Waals surface area contributed by atoms with Gasteiger partial charge in [-0.15, -0.1) is 10.2 Å². The van der Waals surface area contributed by atoms with E-state index >= 15 is 0 Å². The fourth-order valence-corrected chi connectivity index (χ4v) is 4.15. The molecule has 132 valence electrons. The number of para-hydroxylation sites is 1. The monoisotopic (exact) mass is 368 g/mol. The smallest absolute Gasteiger partial charge is 0.231 e. The Kier molecular flexibility index (Phi) is 3.49. The molecule has 0 spiro atoms. The molecule has 5 rings (SSSR count). The van der Waals surface area contributed by atoms with Crippen molar-refractivity contribution in [3.05, 3.63) is 29.3 Å². The molecule has 2 amide bonds. The van der Waals surface area contributed by atoms with E-state index in [9.17, 15) is 9.59 Å². The summed E-state index contributed by atoms with van der Waals surface area (Å²) >= 11 is 1.42. The maximum atomic E-state index is 12.6. The number of benzene rings is 1. The van der Waals surface area contributed by atoms with E-state index in [0.29, 0.717) is 23.4 Å². The molecule has 1 atom stereocenters. The first-order valence-corrected chi connectivity index (χ1v) is 9.38. The van der Waals surface area contributed by atoms with Gasteiger partial charge in [-0.1, -0.05) is 23.5 Å². The van der Waals surface area contributed by atoms with Crippen LogP contribution in [-0.4, -0.2) is 38.8 Å². The molecule has 1 aromatic carbocycles. The topological polar surface area (TPSA) is 104 Å². The van der Waals surface area contributed by atoms with Gasteiger partial charge in [0.2, 0.25) is 16.9 Å². The van der Waals surface area contributed by atoms with Gasteiger partial charge in [-0.25, -0.2) is 0 Å². The number of rotatable bonds is 4. The zero-order chi connectivity index (χ0) is 17.7. The lowest BCUT2D eigenvalue weighted by Crippen LogP contribution is -2.28. The molecule has 1 saturated carbocycles. The highest BCUT2D eigenvalue weighted by Gasteiger charge is 2.37. The summed E-state index contributed by atoms with van der Waals surface area (Å²) in [4.78, 5) is 26.6. The summed E-state index contributed by atoms with van der Waals surface area (Å²) in [6, 6.07) is 7.63. The van der Waals surface area contributed by atoms with Gasteiger partial charge in [0.25, 0.3) is 0 Å². The molecule has 2 aromatic heterocycles. The van der Waals surface area contributed by atoms with Crippen LogP contribution < -0.4 is 10.2 Å². The van der Waals surface area contributed by atoms with Gasteiger partial charge in [0.15, 0.2) is 5.82 Å². The second-order valence-corrected chi connectivity index (χ2v) is 7.72. The molecule has 1 aliphatic carbocycles. The molecule has 0 bridgehead atoms. The van der Waals surface area contributed by atoms with Crippen molar-refractivity contribution in [1.82, 2.24) is 20.4 Å². The second kappa shape index (κ2) is 5.87. The number of amides is 2. The lowest BCUT2D eigenvalue weighted by molar-refractivity contribution is -0.122. The lowest BCUT2D eigenvalue weighted by Gasteiger charge is -2.13. The largest absolute Gasteiger partial charge is 0.300 e. The minimum atomic E-state index is -0.425. The average Bonchev–Trinajstić information content (AvgIpc) is 3.06. The summed E-state index contributed by atoms with van der Waals surface area (Å²) in [5, 5.41) is 20.5. The summed E-state index contributed by atoms with van der Waals surface area (Å²) in [7, 11) is 0. The van der Waals surface area contributed by atoms with Crippen molar-refractivity contribution in [3.8, 4) is 0 Å². The summed E-state index contributed by atoms with van der Waals surface area (Å²) in [6.07, 6.45) is 2.46. The minimum absolute atomic E-state index is 0.0988. The maximum Gasteiger partial charge on any atom is 0.231 e. The van der Waals surface area contributed by atoms with Crippen molar-refractivity contribution in [3.63, 3.8) is 0 Å². The molecule has 26 heavy (non-hydrogen) atoms. The highest BCUT2D eigenvalue weighted by molar-refractivity contribution is 7.15. The Morgan fingerprint density at radius 3 is 2.96 bits per heavy atom. The van der Waals surface area contributed by atoms with E-state index in [1.165, 1.54) is 11.3 Å². The van der Waals surface area contributed by atoms with E-state index in [4.69, 9.17) is 0 Å². The van der Waals surface area contributed by atoms with Crippen molar-refractivity contribution < 1.29 is 9.59 Å². The van der Waals surface area contributed by atoms with Gasteiger partial charge in [0.05, 0.1) is 11.4 Å². The number of carbonyl (C=O) groups is 2. The van der Waals surface area contributed by atoms with Crippen molar-refractivity contribution in [1.29, 1.82) is 0 Å². The minimum Gasteiger partial charge on any atom is -0.300 e. The number of hydrogen-bond acceptors (Lipinski definition) is 6. The zero-order valence-corrected chi connectivity index (χ0v) is 14.6. The average molecular weight is 368 g/mol. The van der Waals surface area contributed by atoms with Crippen LogP contribution in [0.5, 0.6) is 0 Å². The Hall–Kier alpha value is -2.81. The molecule has 2 aliphatic rings. The quantitative estimate of drug-likeness (QED) is 0.735. The van der Waals surface area contributed by atoms with Gasteiger partial charge in [0.1, 0.15) is 5.01 Å². The van der Waals surface area contributed by atoms with Crippen molar-refractivity contribution in [2.75, 3.05) is 16.8 Å². The van der Waals surface area contributed by atoms with Gasteiger partial charge < -0.3 is 5.32 Å². The van der Waals surface area contributed by atoms with Crippen LogP contribution in [0.4, 0.5) is 10.9 Å². The van der Waals surface area contributed by atoms with E-state index in [0.717, 1.165) is 28.8 Å². The molecular weight excluding hydrogens is 352 g/mol. The van der Waals surface area contributed by atoms with Crippen LogP contribution in [0, 0.1) is 5.92 Å². The van der Waals surface area contributed by atoms with Crippen LogP contribution >= 0.6 is 11.3 Å². The van der Waals surface area contributed by atoms with Crippen LogP contribution in [0.15, 0.2) is 24.3 Å². The number of H-pyrrole nitrogens is 1. The summed E-state index contributed by atoms with van der Waals surface area (Å²) in [5.74, 6) is 0.367. The summed E-state index contributed by atoms with van der Waals surface area (Å²) < 4.78 is 0. The molecule has 3 aromatic rings. The first kappa shape index (κ1) is 15.4.